The number of carbonyl (C=O) groups is 1. The molecule has 1 N–H and O–H groups in total. The van der Waals surface area contributed by atoms with Crippen LogP contribution in [0.25, 0.3) is 0 Å². The van der Waals surface area contributed by atoms with Gasteiger partial charge in [0.05, 0.1) is 17.2 Å². The molecule has 6 heteroatoms. The number of rotatable bonds is 6. The second kappa shape index (κ2) is 8.23. The van der Waals surface area contributed by atoms with E-state index < -0.39 is 0 Å². The van der Waals surface area contributed by atoms with Crippen LogP contribution in [-0.4, -0.2) is 24.9 Å². The lowest BCUT2D eigenvalue weighted by Gasteiger charge is -2.14. The number of carbonyl (C=O) groups excluding carboxylic acids is 1. The Kier molecular flexibility index (Phi) is 5.99. The van der Waals surface area contributed by atoms with Crippen molar-refractivity contribution in [3.8, 4) is 11.5 Å². The third-order valence-corrected chi connectivity index (χ3v) is 5.29. The topological polar surface area (TPSA) is 47.6 Å². The third-order valence-electron chi connectivity index (χ3n) is 4.24. The highest BCUT2D eigenvalue weighted by atomic mass is 35.5. The molecule has 1 heterocycles. The van der Waals surface area contributed by atoms with Crippen molar-refractivity contribution in [2.75, 3.05) is 12.9 Å². The maximum absolute atomic E-state index is 12.6. The summed E-state index contributed by atoms with van der Waals surface area (Å²) in [6, 6.07) is 9.43. The Morgan fingerprint density at radius 1 is 1.38 bits per heavy atom. The minimum atomic E-state index is -0.205. The monoisotopic (exact) mass is 391 g/mol. The van der Waals surface area contributed by atoms with Gasteiger partial charge in [0.25, 0.3) is 5.91 Å². The quantitative estimate of drug-likeness (QED) is 0.724. The van der Waals surface area contributed by atoms with Crippen LogP contribution in [0.2, 0.25) is 5.02 Å². The van der Waals surface area contributed by atoms with Crippen molar-refractivity contribution in [3.63, 3.8) is 0 Å². The van der Waals surface area contributed by atoms with Crippen LogP contribution < -0.4 is 14.8 Å². The molecular formula is C20H22ClNO3S. The van der Waals surface area contributed by atoms with Gasteiger partial charge in [0.1, 0.15) is 17.6 Å². The van der Waals surface area contributed by atoms with Gasteiger partial charge in [-0.15, -0.1) is 11.8 Å². The van der Waals surface area contributed by atoms with Crippen LogP contribution >= 0.6 is 23.4 Å². The number of fused-ring (bicyclic) bond motifs is 1. The summed E-state index contributed by atoms with van der Waals surface area (Å²) in [6.45, 7) is 4.90. The van der Waals surface area contributed by atoms with Gasteiger partial charge in [0.2, 0.25) is 0 Å². The fourth-order valence-corrected chi connectivity index (χ4v) is 3.63. The smallest absolute Gasteiger partial charge is 0.253 e. The predicted octanol–water partition coefficient (Wildman–Crippen LogP) is 4.71. The third kappa shape index (κ3) is 4.10. The van der Waals surface area contributed by atoms with E-state index in [4.69, 9.17) is 21.1 Å². The molecule has 0 spiro atoms. The van der Waals surface area contributed by atoms with Gasteiger partial charge in [-0.1, -0.05) is 11.6 Å². The van der Waals surface area contributed by atoms with E-state index in [9.17, 15) is 4.79 Å². The molecule has 1 aliphatic heterocycles. The average Bonchev–Trinajstić information content (AvgIpc) is 2.99. The zero-order valence-corrected chi connectivity index (χ0v) is 16.7. The second-order valence-corrected chi connectivity index (χ2v) is 7.45. The van der Waals surface area contributed by atoms with Crippen molar-refractivity contribution >= 4 is 29.3 Å². The normalized spacial score (nSPS) is 15.3. The molecule has 1 aliphatic rings. The summed E-state index contributed by atoms with van der Waals surface area (Å²) in [5.41, 5.74) is 2.51. The largest absolute Gasteiger partial charge is 0.494 e. The van der Waals surface area contributed by atoms with Gasteiger partial charge >= 0.3 is 0 Å². The first-order chi connectivity index (χ1) is 12.5. The van der Waals surface area contributed by atoms with Gasteiger partial charge in [-0.25, -0.2) is 0 Å². The SMILES string of the molecule is CCOc1cc2c(cc1CNC(=O)c1cc(SC)ccc1Cl)O[C@H](C)C2. The molecule has 2 aromatic carbocycles. The molecule has 0 aromatic heterocycles. The standard InChI is InChI=1S/C20H22ClNO3S/c1-4-24-18-8-13-7-12(2)25-19(13)9-14(18)11-22-20(23)16-10-15(26-3)5-6-17(16)21/h5-6,8-10,12H,4,7,11H2,1-3H3,(H,22,23)/t12-/m1/s1. The fourth-order valence-electron chi connectivity index (χ4n) is 2.99. The summed E-state index contributed by atoms with van der Waals surface area (Å²) < 4.78 is 11.6. The van der Waals surface area contributed by atoms with Crippen molar-refractivity contribution in [1.29, 1.82) is 0 Å². The minimum Gasteiger partial charge on any atom is -0.494 e. The summed E-state index contributed by atoms with van der Waals surface area (Å²) in [7, 11) is 0. The zero-order valence-electron chi connectivity index (χ0n) is 15.1. The molecule has 0 unspecified atom stereocenters. The van der Waals surface area contributed by atoms with Gasteiger partial charge in [-0.2, -0.15) is 0 Å². The highest BCUT2D eigenvalue weighted by molar-refractivity contribution is 7.98. The Hall–Kier alpha value is -1.85. The fraction of sp³-hybridized carbons (Fsp3) is 0.350. The van der Waals surface area contributed by atoms with Gasteiger partial charge < -0.3 is 14.8 Å². The summed E-state index contributed by atoms with van der Waals surface area (Å²) in [6.07, 6.45) is 3.00. The molecule has 1 amide bonds. The van der Waals surface area contributed by atoms with Crippen LogP contribution in [0.1, 0.15) is 35.3 Å². The van der Waals surface area contributed by atoms with E-state index in [1.807, 2.05) is 38.3 Å². The first kappa shape index (κ1) is 18.9. The molecule has 1 atom stereocenters. The Balaban J connectivity index is 1.79. The number of hydrogen-bond donors (Lipinski definition) is 1. The summed E-state index contributed by atoms with van der Waals surface area (Å²) in [4.78, 5) is 13.6. The lowest BCUT2D eigenvalue weighted by molar-refractivity contribution is 0.0950. The van der Waals surface area contributed by atoms with Crippen LogP contribution in [-0.2, 0) is 13.0 Å². The van der Waals surface area contributed by atoms with Crippen LogP contribution in [0.4, 0.5) is 0 Å². The number of halogens is 1. The van der Waals surface area contributed by atoms with Crippen molar-refractivity contribution < 1.29 is 14.3 Å². The van der Waals surface area contributed by atoms with E-state index in [-0.39, 0.29) is 12.0 Å². The number of ether oxygens (including phenoxy) is 2. The Labute approximate surface area is 163 Å². The Morgan fingerprint density at radius 3 is 2.92 bits per heavy atom. The van der Waals surface area contributed by atoms with Crippen molar-refractivity contribution in [3.05, 3.63) is 52.0 Å². The van der Waals surface area contributed by atoms with E-state index in [2.05, 4.69) is 5.32 Å². The maximum atomic E-state index is 12.6. The highest BCUT2D eigenvalue weighted by Crippen LogP contribution is 2.35. The molecule has 0 aliphatic carbocycles. The molecule has 0 fully saturated rings. The molecule has 26 heavy (non-hydrogen) atoms. The predicted molar refractivity (Wildman–Crippen MR) is 106 cm³/mol. The van der Waals surface area contributed by atoms with E-state index in [1.165, 1.54) is 0 Å². The molecule has 0 bridgehead atoms. The lowest BCUT2D eigenvalue weighted by atomic mass is 10.1. The average molecular weight is 392 g/mol. The van der Waals surface area contributed by atoms with Crippen molar-refractivity contribution in [2.24, 2.45) is 0 Å². The first-order valence-electron chi connectivity index (χ1n) is 8.58. The zero-order chi connectivity index (χ0) is 18.7. The van der Waals surface area contributed by atoms with Crippen LogP contribution in [0.15, 0.2) is 35.2 Å². The number of hydrogen-bond acceptors (Lipinski definition) is 4. The van der Waals surface area contributed by atoms with Crippen LogP contribution in [0.3, 0.4) is 0 Å². The molecule has 0 saturated carbocycles. The minimum absolute atomic E-state index is 0.164. The van der Waals surface area contributed by atoms with E-state index >= 15 is 0 Å². The second-order valence-electron chi connectivity index (χ2n) is 6.16. The van der Waals surface area contributed by atoms with Gasteiger partial charge in [-0.05, 0) is 50.4 Å². The number of thioether (sulfide) groups is 1. The molecule has 138 valence electrons. The number of benzene rings is 2. The van der Waals surface area contributed by atoms with Gasteiger partial charge in [0, 0.05) is 29.0 Å². The van der Waals surface area contributed by atoms with Gasteiger partial charge in [0.15, 0.2) is 0 Å². The lowest BCUT2D eigenvalue weighted by Crippen LogP contribution is -2.23. The summed E-state index contributed by atoms with van der Waals surface area (Å²) in [5.74, 6) is 1.45. The van der Waals surface area contributed by atoms with E-state index in [0.29, 0.717) is 23.7 Å². The Morgan fingerprint density at radius 2 is 2.19 bits per heavy atom. The molecule has 0 saturated heterocycles. The summed E-state index contributed by atoms with van der Waals surface area (Å²) in [5, 5.41) is 3.38. The summed E-state index contributed by atoms with van der Waals surface area (Å²) >= 11 is 7.76. The molecule has 4 nitrogen and oxygen atoms in total. The van der Waals surface area contributed by atoms with Crippen LogP contribution in [0.5, 0.6) is 11.5 Å². The van der Waals surface area contributed by atoms with Crippen LogP contribution in [0, 0.1) is 0 Å². The maximum Gasteiger partial charge on any atom is 0.253 e. The molecular weight excluding hydrogens is 370 g/mol. The highest BCUT2D eigenvalue weighted by Gasteiger charge is 2.22. The van der Waals surface area contributed by atoms with Gasteiger partial charge in [-0.3, -0.25) is 4.79 Å². The molecule has 3 rings (SSSR count). The van der Waals surface area contributed by atoms with Crippen molar-refractivity contribution in [2.45, 2.75) is 37.8 Å². The van der Waals surface area contributed by atoms with Crippen molar-refractivity contribution in [1.82, 2.24) is 5.32 Å². The number of nitrogens with one attached hydrogen (secondary N) is 1. The molecule has 2 aromatic rings. The first-order valence-corrected chi connectivity index (χ1v) is 10.2. The van der Waals surface area contributed by atoms with E-state index in [1.54, 1.807) is 23.9 Å². The Bertz CT molecular complexity index is 825. The molecule has 0 radical (unpaired) electrons. The number of amides is 1. The van der Waals surface area contributed by atoms with E-state index in [0.717, 1.165) is 33.9 Å².